The molecule has 0 aliphatic rings. The number of ether oxygens (including phenoxy) is 2. The van der Waals surface area contributed by atoms with Gasteiger partial charge in [-0.3, -0.25) is 9.59 Å². The molecule has 5 nitrogen and oxygen atoms in total. The lowest BCUT2D eigenvalue weighted by molar-refractivity contribution is -0.150. The van der Waals surface area contributed by atoms with Gasteiger partial charge in [-0.2, -0.15) is 0 Å². The van der Waals surface area contributed by atoms with Crippen molar-refractivity contribution in [2.24, 2.45) is 0 Å². The van der Waals surface area contributed by atoms with Crippen LogP contribution in [0.25, 0.3) is 0 Å². The van der Waals surface area contributed by atoms with Crippen LogP contribution in [0.2, 0.25) is 5.02 Å². The average molecular weight is 272 g/mol. The smallest absolute Gasteiger partial charge is 0.303 e. The van der Waals surface area contributed by atoms with Crippen molar-refractivity contribution in [3.63, 3.8) is 0 Å². The van der Waals surface area contributed by atoms with E-state index in [9.17, 15) is 9.59 Å². The molecule has 1 N–H and O–H groups in total. The van der Waals surface area contributed by atoms with E-state index in [0.29, 0.717) is 16.5 Å². The minimum Gasteiger partial charge on any atom is -0.495 e. The van der Waals surface area contributed by atoms with Crippen molar-refractivity contribution in [1.29, 1.82) is 0 Å². The maximum atomic E-state index is 11.7. The fourth-order valence-corrected chi connectivity index (χ4v) is 1.55. The minimum atomic E-state index is -0.858. The molecule has 98 valence electrons. The maximum absolute atomic E-state index is 11.7. The average Bonchev–Trinajstić information content (AvgIpc) is 2.28. The Hall–Kier alpha value is -1.75. The molecule has 0 aliphatic carbocycles. The number of nitrogens with one attached hydrogen (secondary N) is 1. The number of carbonyl (C=O) groups is 2. The highest BCUT2D eigenvalue weighted by atomic mass is 35.5. The van der Waals surface area contributed by atoms with Crippen molar-refractivity contribution < 1.29 is 19.1 Å². The summed E-state index contributed by atoms with van der Waals surface area (Å²) in [5.74, 6) is -0.417. The van der Waals surface area contributed by atoms with Gasteiger partial charge in [-0.05, 0) is 25.1 Å². The molecule has 0 heterocycles. The van der Waals surface area contributed by atoms with E-state index in [1.165, 1.54) is 21.0 Å². The summed E-state index contributed by atoms with van der Waals surface area (Å²) in [7, 11) is 1.50. The van der Waals surface area contributed by atoms with Gasteiger partial charge < -0.3 is 14.8 Å². The third-order valence-electron chi connectivity index (χ3n) is 2.13. The van der Waals surface area contributed by atoms with Crippen molar-refractivity contribution in [2.75, 3.05) is 12.4 Å². The zero-order chi connectivity index (χ0) is 13.7. The molecule has 1 rings (SSSR count). The predicted octanol–water partition coefficient (Wildman–Crippen LogP) is 2.24. The van der Waals surface area contributed by atoms with Crippen LogP contribution in [0.5, 0.6) is 5.75 Å². The summed E-state index contributed by atoms with van der Waals surface area (Å²) in [6, 6.07) is 4.83. The Morgan fingerprint density at radius 3 is 2.56 bits per heavy atom. The molecule has 1 amide bonds. The van der Waals surface area contributed by atoms with Crippen molar-refractivity contribution in [3.05, 3.63) is 23.2 Å². The molecule has 0 fully saturated rings. The monoisotopic (exact) mass is 271 g/mol. The number of carbonyl (C=O) groups excluding carboxylic acids is 2. The molecule has 1 atom stereocenters. The van der Waals surface area contributed by atoms with Gasteiger partial charge in [-0.15, -0.1) is 0 Å². The van der Waals surface area contributed by atoms with E-state index >= 15 is 0 Å². The fraction of sp³-hybridized carbons (Fsp3) is 0.333. The van der Waals surface area contributed by atoms with Gasteiger partial charge in [-0.1, -0.05) is 11.6 Å². The summed E-state index contributed by atoms with van der Waals surface area (Å²) in [5, 5.41) is 2.97. The van der Waals surface area contributed by atoms with Crippen LogP contribution in [-0.4, -0.2) is 25.1 Å². The topological polar surface area (TPSA) is 64.6 Å². The Kier molecular flexibility index (Phi) is 4.97. The molecule has 0 bridgehead atoms. The summed E-state index contributed by atoms with van der Waals surface area (Å²) in [6.07, 6.45) is -0.858. The van der Waals surface area contributed by atoms with E-state index in [-0.39, 0.29) is 0 Å². The Morgan fingerprint density at radius 1 is 1.39 bits per heavy atom. The number of halogens is 1. The number of benzene rings is 1. The van der Waals surface area contributed by atoms with Crippen LogP contribution >= 0.6 is 11.6 Å². The third kappa shape index (κ3) is 3.92. The first kappa shape index (κ1) is 14.3. The fourth-order valence-electron chi connectivity index (χ4n) is 1.29. The van der Waals surface area contributed by atoms with Gasteiger partial charge >= 0.3 is 5.97 Å². The first-order valence-corrected chi connectivity index (χ1v) is 5.63. The van der Waals surface area contributed by atoms with Gasteiger partial charge in [0.25, 0.3) is 5.91 Å². The van der Waals surface area contributed by atoms with E-state index < -0.39 is 18.0 Å². The highest BCUT2D eigenvalue weighted by molar-refractivity contribution is 6.32. The molecule has 0 radical (unpaired) electrons. The predicted molar refractivity (Wildman–Crippen MR) is 67.9 cm³/mol. The lowest BCUT2D eigenvalue weighted by Crippen LogP contribution is -2.29. The van der Waals surface area contributed by atoms with Gasteiger partial charge in [0.1, 0.15) is 5.75 Å². The lowest BCUT2D eigenvalue weighted by atomic mass is 10.3. The Labute approximate surface area is 110 Å². The number of amides is 1. The van der Waals surface area contributed by atoms with Gasteiger partial charge in [-0.25, -0.2) is 0 Å². The van der Waals surface area contributed by atoms with Crippen LogP contribution in [0.15, 0.2) is 18.2 Å². The van der Waals surface area contributed by atoms with Gasteiger partial charge in [0.05, 0.1) is 12.1 Å². The summed E-state index contributed by atoms with van der Waals surface area (Å²) >= 11 is 5.92. The van der Waals surface area contributed by atoms with Gasteiger partial charge in [0.2, 0.25) is 0 Å². The molecule has 0 unspecified atom stereocenters. The van der Waals surface area contributed by atoms with Crippen molar-refractivity contribution in [1.82, 2.24) is 0 Å². The van der Waals surface area contributed by atoms with Crippen LogP contribution in [0, 0.1) is 0 Å². The SMILES string of the molecule is COc1ccc(NC(=O)[C@H](C)OC(C)=O)cc1Cl. The molecular formula is C12H14ClNO4. The quantitative estimate of drug-likeness (QED) is 0.853. The van der Waals surface area contributed by atoms with Crippen molar-refractivity contribution in [2.45, 2.75) is 20.0 Å². The number of hydrogen-bond acceptors (Lipinski definition) is 4. The Morgan fingerprint density at radius 2 is 2.06 bits per heavy atom. The Balaban J connectivity index is 2.70. The normalized spacial score (nSPS) is 11.6. The van der Waals surface area contributed by atoms with Crippen LogP contribution in [0.3, 0.4) is 0 Å². The molecule has 6 heteroatoms. The second kappa shape index (κ2) is 6.26. The molecule has 0 spiro atoms. The van der Waals surface area contributed by atoms with E-state index in [1.54, 1.807) is 18.2 Å². The largest absolute Gasteiger partial charge is 0.495 e. The molecule has 18 heavy (non-hydrogen) atoms. The van der Waals surface area contributed by atoms with Crippen molar-refractivity contribution in [3.8, 4) is 5.75 Å². The first-order valence-electron chi connectivity index (χ1n) is 5.25. The molecule has 0 saturated heterocycles. The molecule has 1 aromatic carbocycles. The number of esters is 1. The number of hydrogen-bond donors (Lipinski definition) is 1. The zero-order valence-electron chi connectivity index (χ0n) is 10.3. The lowest BCUT2D eigenvalue weighted by Gasteiger charge is -2.12. The maximum Gasteiger partial charge on any atom is 0.303 e. The highest BCUT2D eigenvalue weighted by Gasteiger charge is 2.16. The zero-order valence-corrected chi connectivity index (χ0v) is 11.1. The van der Waals surface area contributed by atoms with E-state index in [1.807, 2.05) is 0 Å². The highest BCUT2D eigenvalue weighted by Crippen LogP contribution is 2.27. The third-order valence-corrected chi connectivity index (χ3v) is 2.43. The second-order valence-electron chi connectivity index (χ2n) is 3.59. The summed E-state index contributed by atoms with van der Waals surface area (Å²) in [4.78, 5) is 22.4. The van der Waals surface area contributed by atoms with Crippen LogP contribution < -0.4 is 10.1 Å². The number of anilines is 1. The molecule has 0 aromatic heterocycles. The van der Waals surface area contributed by atoms with Crippen LogP contribution in [-0.2, 0) is 14.3 Å². The van der Waals surface area contributed by atoms with Crippen LogP contribution in [0.1, 0.15) is 13.8 Å². The summed E-state index contributed by atoms with van der Waals surface area (Å²) in [6.45, 7) is 2.73. The minimum absolute atomic E-state index is 0.385. The van der Waals surface area contributed by atoms with Gasteiger partial charge in [0, 0.05) is 12.6 Å². The van der Waals surface area contributed by atoms with Crippen molar-refractivity contribution >= 4 is 29.2 Å². The van der Waals surface area contributed by atoms with E-state index in [4.69, 9.17) is 21.1 Å². The molecule has 0 aliphatic heterocycles. The van der Waals surface area contributed by atoms with Crippen LogP contribution in [0.4, 0.5) is 5.69 Å². The Bertz CT molecular complexity index is 461. The molecule has 1 aromatic rings. The number of rotatable bonds is 4. The summed E-state index contributed by atoms with van der Waals surface area (Å²) in [5.41, 5.74) is 0.504. The number of methoxy groups -OCH3 is 1. The second-order valence-corrected chi connectivity index (χ2v) is 4.00. The van der Waals surface area contributed by atoms with E-state index in [0.717, 1.165) is 0 Å². The first-order chi connectivity index (χ1) is 8.43. The van der Waals surface area contributed by atoms with E-state index in [2.05, 4.69) is 5.32 Å². The molecule has 0 saturated carbocycles. The molecular weight excluding hydrogens is 258 g/mol. The standard InChI is InChI=1S/C12H14ClNO4/c1-7(18-8(2)15)12(16)14-9-4-5-11(17-3)10(13)6-9/h4-7H,1-3H3,(H,14,16)/t7-/m0/s1. The summed E-state index contributed by atoms with van der Waals surface area (Å²) < 4.78 is 9.74. The van der Waals surface area contributed by atoms with Gasteiger partial charge in [0.15, 0.2) is 6.10 Å².